The van der Waals surface area contributed by atoms with Gasteiger partial charge in [-0.25, -0.2) is 4.68 Å². The summed E-state index contributed by atoms with van der Waals surface area (Å²) in [5, 5.41) is 14.1. The van der Waals surface area contributed by atoms with Gasteiger partial charge >= 0.3 is 0 Å². The Morgan fingerprint density at radius 1 is 1.07 bits per heavy atom. The minimum Gasteiger partial charge on any atom is -0.318 e. The highest BCUT2D eigenvalue weighted by Crippen LogP contribution is 2.26. The normalized spacial score (nSPS) is 12.5. The summed E-state index contributed by atoms with van der Waals surface area (Å²) in [6, 6.07) is 15.6. The maximum Gasteiger partial charge on any atom is 0.211 e. The molecule has 4 rings (SSSR count). The Labute approximate surface area is 169 Å². The van der Waals surface area contributed by atoms with Gasteiger partial charge in [0.05, 0.1) is 38.4 Å². The van der Waals surface area contributed by atoms with Crippen LogP contribution in [0.3, 0.4) is 0 Å². The van der Waals surface area contributed by atoms with Crippen LogP contribution in [0.4, 0.5) is 0 Å². The summed E-state index contributed by atoms with van der Waals surface area (Å²) in [4.78, 5) is 0.805. The summed E-state index contributed by atoms with van der Waals surface area (Å²) in [5.74, 6) is 0. The second-order valence-electron chi connectivity index (χ2n) is 5.91. The molecule has 0 bridgehead atoms. The Morgan fingerprint density at radius 3 is 2.59 bits per heavy atom. The van der Waals surface area contributed by atoms with E-state index >= 15 is 0 Å². The van der Waals surface area contributed by atoms with Crippen molar-refractivity contribution in [2.24, 2.45) is 17.3 Å². The first-order valence-corrected chi connectivity index (χ1v) is 9.75. The second kappa shape index (κ2) is 7.31. The first-order chi connectivity index (χ1) is 13.1. The fraction of sp³-hybridized carbons (Fsp3) is 0.105. The lowest BCUT2D eigenvalue weighted by Crippen LogP contribution is -2.08. The van der Waals surface area contributed by atoms with E-state index in [9.17, 15) is 0 Å². The molecule has 5 nitrogen and oxygen atoms in total. The summed E-state index contributed by atoms with van der Waals surface area (Å²) in [7, 11) is 1.97. The molecule has 0 N–H and O–H groups in total. The number of thiazole rings is 1. The Hall–Kier alpha value is -2.41. The van der Waals surface area contributed by atoms with E-state index in [0.29, 0.717) is 15.7 Å². The molecule has 2 aromatic heterocycles. The molecular weight excluding hydrogens is 401 g/mol. The van der Waals surface area contributed by atoms with Gasteiger partial charge in [-0.15, -0.1) is 5.10 Å². The van der Waals surface area contributed by atoms with Gasteiger partial charge in [-0.2, -0.15) is 10.2 Å². The highest BCUT2D eigenvalue weighted by molar-refractivity contribution is 7.16. The molecular formula is C19H15Cl2N5S. The Balaban J connectivity index is 1.72. The number of halogens is 2. The first kappa shape index (κ1) is 18.0. The highest BCUT2D eigenvalue weighted by atomic mass is 35.5. The lowest BCUT2D eigenvalue weighted by Gasteiger charge is -2.04. The number of fused-ring (bicyclic) bond motifs is 1. The molecule has 27 heavy (non-hydrogen) atoms. The zero-order chi connectivity index (χ0) is 19.0. The smallest absolute Gasteiger partial charge is 0.211 e. The third kappa shape index (κ3) is 3.32. The lowest BCUT2D eigenvalue weighted by molar-refractivity contribution is 0.863. The van der Waals surface area contributed by atoms with Gasteiger partial charge in [0.25, 0.3) is 0 Å². The van der Waals surface area contributed by atoms with Crippen LogP contribution in [0.25, 0.3) is 15.9 Å². The molecule has 4 aromatic rings. The van der Waals surface area contributed by atoms with E-state index in [1.165, 1.54) is 0 Å². The van der Waals surface area contributed by atoms with Crippen molar-refractivity contribution in [2.45, 2.75) is 6.92 Å². The predicted molar refractivity (Wildman–Crippen MR) is 112 cm³/mol. The number of aromatic nitrogens is 3. The van der Waals surface area contributed by atoms with Gasteiger partial charge in [0.1, 0.15) is 5.15 Å². The molecule has 0 saturated carbocycles. The number of hydrogen-bond donors (Lipinski definition) is 0. The summed E-state index contributed by atoms with van der Waals surface area (Å²) >= 11 is 14.4. The fourth-order valence-corrected chi connectivity index (χ4v) is 4.26. The minimum atomic E-state index is 0.445. The minimum absolute atomic E-state index is 0.445. The third-order valence-corrected chi connectivity index (χ3v) is 5.96. The molecule has 0 radical (unpaired) electrons. The molecule has 136 valence electrons. The van der Waals surface area contributed by atoms with Crippen molar-refractivity contribution in [2.75, 3.05) is 0 Å². The maximum absolute atomic E-state index is 6.52. The third-order valence-electron chi connectivity index (χ3n) is 4.17. The monoisotopic (exact) mass is 415 g/mol. The van der Waals surface area contributed by atoms with Crippen molar-refractivity contribution in [1.29, 1.82) is 0 Å². The van der Waals surface area contributed by atoms with E-state index in [1.54, 1.807) is 28.3 Å². The fourth-order valence-electron chi connectivity index (χ4n) is 2.75. The van der Waals surface area contributed by atoms with E-state index in [2.05, 4.69) is 27.4 Å². The van der Waals surface area contributed by atoms with Gasteiger partial charge in [-0.05, 0) is 31.2 Å². The Kier molecular flexibility index (Phi) is 4.86. The average molecular weight is 416 g/mol. The number of nitrogens with zero attached hydrogens (tertiary/aromatic N) is 5. The highest BCUT2D eigenvalue weighted by Gasteiger charge is 2.14. The van der Waals surface area contributed by atoms with Crippen LogP contribution < -0.4 is 4.80 Å². The maximum atomic E-state index is 6.52. The molecule has 2 aromatic carbocycles. The second-order valence-corrected chi connectivity index (χ2v) is 7.68. The van der Waals surface area contributed by atoms with Crippen molar-refractivity contribution in [3.8, 4) is 5.69 Å². The number of benzene rings is 2. The van der Waals surface area contributed by atoms with Crippen molar-refractivity contribution in [1.82, 2.24) is 14.3 Å². The van der Waals surface area contributed by atoms with Crippen LogP contribution in [0, 0.1) is 6.92 Å². The zero-order valence-corrected chi connectivity index (χ0v) is 16.9. The largest absolute Gasteiger partial charge is 0.318 e. The molecule has 8 heteroatoms. The molecule has 0 aliphatic rings. The molecule has 0 aliphatic heterocycles. The van der Waals surface area contributed by atoms with Gasteiger partial charge in [-0.3, -0.25) is 0 Å². The standard InChI is InChI=1S/C19H15Cl2N5S/c1-12-13(18(21)26(24-12)15-8-4-3-7-14(15)20)11-22-23-19-25(2)16-9-5-6-10-17(16)27-19/h3-11H,1-2H3/b22-11-,23-19-. The predicted octanol–water partition coefficient (Wildman–Crippen LogP) is 4.98. The van der Waals surface area contributed by atoms with Gasteiger partial charge in [0, 0.05) is 7.05 Å². The molecule has 0 atom stereocenters. The van der Waals surface area contributed by atoms with E-state index in [0.717, 1.165) is 26.4 Å². The number of hydrogen-bond acceptors (Lipinski definition) is 4. The first-order valence-electron chi connectivity index (χ1n) is 8.18. The average Bonchev–Trinajstić information content (AvgIpc) is 3.13. The van der Waals surface area contributed by atoms with Crippen molar-refractivity contribution in [3.63, 3.8) is 0 Å². The van der Waals surface area contributed by atoms with Crippen molar-refractivity contribution in [3.05, 3.63) is 74.8 Å². The number of aryl methyl sites for hydroxylation is 2. The van der Waals surface area contributed by atoms with E-state index in [1.807, 2.05) is 48.9 Å². The van der Waals surface area contributed by atoms with E-state index < -0.39 is 0 Å². The van der Waals surface area contributed by atoms with Crippen LogP contribution in [0.1, 0.15) is 11.3 Å². The van der Waals surface area contributed by atoms with Crippen LogP contribution >= 0.6 is 34.5 Å². The summed E-state index contributed by atoms with van der Waals surface area (Å²) in [6.07, 6.45) is 1.63. The summed E-state index contributed by atoms with van der Waals surface area (Å²) < 4.78 is 4.79. The quantitative estimate of drug-likeness (QED) is 0.343. The summed E-state index contributed by atoms with van der Waals surface area (Å²) in [5.41, 5.74) is 3.31. The molecule has 0 aliphatic carbocycles. The van der Waals surface area contributed by atoms with Crippen LogP contribution in [0.2, 0.25) is 10.2 Å². The number of para-hydroxylation sites is 2. The van der Waals surface area contributed by atoms with Gasteiger partial charge in [-0.1, -0.05) is 58.8 Å². The van der Waals surface area contributed by atoms with Crippen molar-refractivity contribution >= 4 is 51.0 Å². The molecule has 0 fully saturated rings. The zero-order valence-electron chi connectivity index (χ0n) is 14.6. The van der Waals surface area contributed by atoms with Gasteiger partial charge in [0.15, 0.2) is 0 Å². The van der Waals surface area contributed by atoms with Crippen molar-refractivity contribution < 1.29 is 0 Å². The topological polar surface area (TPSA) is 47.5 Å². The van der Waals surface area contributed by atoms with Gasteiger partial charge < -0.3 is 4.57 Å². The molecule has 0 unspecified atom stereocenters. The molecule has 0 saturated heterocycles. The van der Waals surface area contributed by atoms with Crippen LogP contribution in [-0.4, -0.2) is 20.6 Å². The Morgan fingerprint density at radius 2 is 1.81 bits per heavy atom. The van der Waals surface area contributed by atoms with Crippen LogP contribution in [0.15, 0.2) is 58.7 Å². The molecule has 0 spiro atoms. The van der Waals surface area contributed by atoms with Crippen LogP contribution in [-0.2, 0) is 7.05 Å². The number of rotatable bonds is 3. The molecule has 2 heterocycles. The molecule has 0 amide bonds. The Bertz CT molecular complexity index is 1230. The SMILES string of the molecule is Cc1nn(-c2ccccc2Cl)c(Cl)c1/C=N\N=c1/sc2ccccc2n1C. The van der Waals surface area contributed by atoms with Gasteiger partial charge in [0.2, 0.25) is 4.80 Å². The lowest BCUT2D eigenvalue weighted by atomic mass is 10.3. The van der Waals surface area contributed by atoms with Crippen LogP contribution in [0.5, 0.6) is 0 Å². The van der Waals surface area contributed by atoms with E-state index in [-0.39, 0.29) is 0 Å². The van der Waals surface area contributed by atoms with E-state index in [4.69, 9.17) is 23.2 Å². The summed E-state index contributed by atoms with van der Waals surface area (Å²) in [6.45, 7) is 1.88.